The topological polar surface area (TPSA) is 194 Å². The number of hydrogen-bond acceptors (Lipinski definition) is 8. The van der Waals surface area contributed by atoms with E-state index in [1.165, 1.54) is 6.92 Å². The van der Waals surface area contributed by atoms with Crippen molar-refractivity contribution in [2.45, 2.75) is 37.6 Å². The highest BCUT2D eigenvalue weighted by Crippen LogP contribution is 2.00. The molecule has 3 amide bonds. The molecule has 12 heteroatoms. The van der Waals surface area contributed by atoms with Crippen LogP contribution in [0.1, 0.15) is 13.3 Å². The number of urea groups is 1. The highest BCUT2D eigenvalue weighted by molar-refractivity contribution is 5.83. The van der Waals surface area contributed by atoms with E-state index in [1.54, 1.807) is 24.1 Å². The summed E-state index contributed by atoms with van der Waals surface area (Å²) in [6.45, 7) is 1.55. The van der Waals surface area contributed by atoms with Crippen LogP contribution in [-0.4, -0.2) is 101 Å². The number of hydrogen-bond donors (Lipinski definition) is 7. The Hall–Kier alpha value is -1.99. The summed E-state index contributed by atoms with van der Waals surface area (Å²) in [4.78, 5) is 34.2. The largest absolute Gasteiger partial charge is 0.480 e. The van der Waals surface area contributed by atoms with E-state index >= 15 is 0 Å². The van der Waals surface area contributed by atoms with Gasteiger partial charge in [-0.25, -0.2) is 19.6 Å². The zero-order chi connectivity index (χ0) is 20.4. The smallest absolute Gasteiger partial charge is 0.328 e. The van der Waals surface area contributed by atoms with Crippen molar-refractivity contribution in [3.63, 3.8) is 0 Å². The number of aliphatic hydroxyl groups excluding tert-OH is 2. The van der Waals surface area contributed by atoms with Crippen molar-refractivity contribution in [2.24, 2.45) is 11.5 Å². The third-order valence-electron chi connectivity index (χ3n) is 3.62. The molecule has 26 heavy (non-hydrogen) atoms. The molecular formula is C14H30N6O6. The number of aliphatic carboxylic acids is 1. The van der Waals surface area contributed by atoms with E-state index in [0.29, 0.717) is 6.54 Å². The van der Waals surface area contributed by atoms with Gasteiger partial charge < -0.3 is 37.4 Å². The van der Waals surface area contributed by atoms with Gasteiger partial charge in [-0.1, -0.05) is 0 Å². The maximum Gasteiger partial charge on any atom is 0.328 e. The molecule has 0 aliphatic carbocycles. The predicted octanol–water partition coefficient (Wildman–Crippen LogP) is -3.54. The molecular weight excluding hydrogens is 348 g/mol. The normalized spacial score (nSPS) is 16.0. The fourth-order valence-corrected chi connectivity index (χ4v) is 2.16. The molecule has 2 unspecified atom stereocenters. The summed E-state index contributed by atoms with van der Waals surface area (Å²) >= 11 is 0. The summed E-state index contributed by atoms with van der Waals surface area (Å²) in [6.07, 6.45) is -1.48. The number of carbonyl (C=O) groups is 3. The number of nitrogens with one attached hydrogen (secondary N) is 2. The first kappa shape index (κ1) is 24.0. The number of aliphatic hydroxyl groups is 2. The minimum Gasteiger partial charge on any atom is -0.480 e. The first-order valence-electron chi connectivity index (χ1n) is 8.02. The number of carbonyl (C=O) groups excluding carboxylic acids is 2. The molecule has 0 fully saturated rings. The van der Waals surface area contributed by atoms with E-state index in [9.17, 15) is 19.5 Å². The molecule has 0 aliphatic rings. The van der Waals surface area contributed by atoms with Gasteiger partial charge in [0.05, 0.1) is 18.8 Å². The van der Waals surface area contributed by atoms with Crippen molar-refractivity contribution < 1.29 is 29.7 Å². The Morgan fingerprint density at radius 2 is 1.65 bits per heavy atom. The number of primary amides is 1. The zero-order valence-electron chi connectivity index (χ0n) is 15.3. The zero-order valence-corrected chi connectivity index (χ0v) is 15.3. The maximum absolute atomic E-state index is 12.0. The van der Waals surface area contributed by atoms with Gasteiger partial charge in [0, 0.05) is 39.6 Å². The lowest BCUT2D eigenvalue weighted by atomic mass is 10.2. The summed E-state index contributed by atoms with van der Waals surface area (Å²) in [7, 11) is 3.40. The molecule has 12 nitrogen and oxygen atoms in total. The van der Waals surface area contributed by atoms with Crippen LogP contribution < -0.4 is 22.1 Å². The average molecular weight is 378 g/mol. The Kier molecular flexibility index (Phi) is 10.7. The van der Waals surface area contributed by atoms with E-state index in [0.717, 1.165) is 0 Å². The maximum atomic E-state index is 12.0. The molecule has 0 radical (unpaired) electrons. The molecule has 0 aliphatic heterocycles. The molecule has 0 saturated heterocycles. The van der Waals surface area contributed by atoms with Crippen LogP contribution in [0.2, 0.25) is 0 Å². The van der Waals surface area contributed by atoms with Gasteiger partial charge in [0.1, 0.15) is 0 Å². The summed E-state index contributed by atoms with van der Waals surface area (Å²) in [5, 5.41) is 35.3. The first-order valence-corrected chi connectivity index (χ1v) is 8.02. The Bertz CT molecular complexity index is 477. The van der Waals surface area contributed by atoms with Crippen molar-refractivity contribution in [3.8, 4) is 0 Å². The molecule has 9 N–H and O–H groups in total. The molecule has 4 atom stereocenters. The van der Waals surface area contributed by atoms with Gasteiger partial charge in [0.25, 0.3) is 0 Å². The van der Waals surface area contributed by atoms with E-state index in [2.05, 4.69) is 10.6 Å². The van der Waals surface area contributed by atoms with Crippen LogP contribution in [0.3, 0.4) is 0 Å². The SMILES string of the molecule is CC(O)[C@H](NC(=O)NC(CC(N)=O)CN(C)N(C)C[C@@H](N)CO)C(=O)O. The first-order chi connectivity index (χ1) is 12.0. The van der Waals surface area contributed by atoms with E-state index in [-0.39, 0.29) is 19.6 Å². The van der Waals surface area contributed by atoms with Crippen molar-refractivity contribution in [1.29, 1.82) is 0 Å². The summed E-state index contributed by atoms with van der Waals surface area (Å²) < 4.78 is 0. The lowest BCUT2D eigenvalue weighted by molar-refractivity contribution is -0.141. The van der Waals surface area contributed by atoms with Gasteiger partial charge in [-0.3, -0.25) is 4.79 Å². The van der Waals surface area contributed by atoms with E-state index in [1.807, 2.05) is 0 Å². The quantitative estimate of drug-likeness (QED) is 0.168. The Morgan fingerprint density at radius 1 is 1.12 bits per heavy atom. The second kappa shape index (κ2) is 11.6. The molecule has 0 aromatic heterocycles. The van der Waals surface area contributed by atoms with Gasteiger partial charge in [-0.2, -0.15) is 0 Å². The van der Waals surface area contributed by atoms with Gasteiger partial charge in [-0.05, 0) is 6.92 Å². The molecule has 0 bridgehead atoms. The van der Waals surface area contributed by atoms with Gasteiger partial charge in [0.2, 0.25) is 5.91 Å². The summed E-state index contributed by atoms with van der Waals surface area (Å²) in [6, 6.07) is -3.52. The Labute approximate surface area is 152 Å². The second-order valence-corrected chi connectivity index (χ2v) is 6.16. The van der Waals surface area contributed by atoms with Gasteiger partial charge in [-0.15, -0.1) is 0 Å². The van der Waals surface area contributed by atoms with Crippen molar-refractivity contribution in [2.75, 3.05) is 33.8 Å². The lowest BCUT2D eigenvalue weighted by Crippen LogP contribution is -2.56. The van der Waals surface area contributed by atoms with Crippen LogP contribution in [0.15, 0.2) is 0 Å². The van der Waals surface area contributed by atoms with E-state index < -0.39 is 42.1 Å². The molecule has 152 valence electrons. The van der Waals surface area contributed by atoms with Crippen molar-refractivity contribution in [3.05, 3.63) is 0 Å². The minimum atomic E-state index is -1.49. The van der Waals surface area contributed by atoms with Crippen LogP contribution in [-0.2, 0) is 9.59 Å². The fraction of sp³-hybridized carbons (Fsp3) is 0.786. The number of likely N-dealkylation sites (N-methyl/N-ethyl adjacent to an activating group) is 2. The number of hydrazine groups is 1. The third-order valence-corrected chi connectivity index (χ3v) is 3.62. The monoisotopic (exact) mass is 378 g/mol. The van der Waals surface area contributed by atoms with Crippen LogP contribution in [0.5, 0.6) is 0 Å². The molecule has 0 spiro atoms. The van der Waals surface area contributed by atoms with E-state index in [4.69, 9.17) is 21.7 Å². The predicted molar refractivity (Wildman–Crippen MR) is 92.7 cm³/mol. The standard InChI is InChI=1S/C14H30N6O6/c1-8(22)12(13(24)25)18-14(26)17-10(4-11(16)23)6-20(3)19(2)5-9(15)7-21/h8-10,12,21-22H,4-7,15H2,1-3H3,(H2,16,23)(H,24,25)(H2,17,18,26)/t8?,9-,10?,12+/m1/s1. The fourth-order valence-electron chi connectivity index (χ4n) is 2.16. The number of amides is 3. The highest BCUT2D eigenvalue weighted by atomic mass is 16.4. The van der Waals surface area contributed by atoms with Crippen LogP contribution in [0.25, 0.3) is 0 Å². The molecule has 0 aromatic rings. The Balaban J connectivity index is 4.85. The molecule has 0 aromatic carbocycles. The number of carboxylic acid groups (broad SMARTS) is 1. The molecule has 0 heterocycles. The molecule has 0 saturated carbocycles. The molecule has 0 rings (SSSR count). The second-order valence-electron chi connectivity index (χ2n) is 6.16. The average Bonchev–Trinajstić information content (AvgIpc) is 2.50. The lowest BCUT2D eigenvalue weighted by Gasteiger charge is -2.33. The Morgan fingerprint density at radius 3 is 2.08 bits per heavy atom. The number of carboxylic acids is 1. The van der Waals surface area contributed by atoms with Crippen LogP contribution in [0.4, 0.5) is 4.79 Å². The summed E-state index contributed by atoms with van der Waals surface area (Å²) in [5.74, 6) is -2.04. The third kappa shape index (κ3) is 9.48. The number of nitrogens with two attached hydrogens (primary N) is 2. The van der Waals surface area contributed by atoms with Gasteiger partial charge in [0.15, 0.2) is 6.04 Å². The number of rotatable bonds is 12. The van der Waals surface area contributed by atoms with Crippen LogP contribution in [0, 0.1) is 0 Å². The number of nitrogens with zero attached hydrogens (tertiary/aromatic N) is 2. The van der Waals surface area contributed by atoms with Gasteiger partial charge >= 0.3 is 12.0 Å². The highest BCUT2D eigenvalue weighted by Gasteiger charge is 2.27. The van der Waals surface area contributed by atoms with Crippen LogP contribution >= 0.6 is 0 Å². The minimum absolute atomic E-state index is 0.177. The summed E-state index contributed by atoms with van der Waals surface area (Å²) in [5.41, 5.74) is 10.9. The van der Waals surface area contributed by atoms with Crippen molar-refractivity contribution >= 4 is 17.9 Å². The van der Waals surface area contributed by atoms with Crippen molar-refractivity contribution in [1.82, 2.24) is 20.7 Å².